The third-order valence-electron chi connectivity index (χ3n) is 2.45. The molecule has 1 N–H and O–H groups in total. The molecule has 0 atom stereocenters. The number of aromatic nitrogens is 1. The Hall–Kier alpha value is -1.52. The normalized spacial score (nSPS) is 8.71. The summed E-state index contributed by atoms with van der Waals surface area (Å²) in [5.41, 5.74) is 0.800. The summed E-state index contributed by atoms with van der Waals surface area (Å²) in [6.45, 7) is 13.9. The minimum absolute atomic E-state index is 0.0889. The van der Waals surface area contributed by atoms with Gasteiger partial charge < -0.3 is 9.72 Å². The van der Waals surface area contributed by atoms with Crippen LogP contribution >= 0.6 is 23.2 Å². The Morgan fingerprint density at radius 2 is 1.67 bits per heavy atom. The molecule has 0 fully saturated rings. The maximum atomic E-state index is 11.7. The zero-order chi connectivity index (χ0) is 19.3. The van der Waals surface area contributed by atoms with Gasteiger partial charge in [0.05, 0.1) is 17.2 Å². The van der Waals surface area contributed by atoms with Crippen LogP contribution in [-0.2, 0) is 4.74 Å². The second-order valence-electron chi connectivity index (χ2n) is 3.56. The number of hydrogen-bond acceptors (Lipinski definition) is 3. The first-order valence-electron chi connectivity index (χ1n) is 8.21. The van der Waals surface area contributed by atoms with E-state index < -0.39 is 5.97 Å². The molecule has 0 aliphatic rings. The number of aromatic amines is 1. The zero-order valence-corrected chi connectivity index (χ0v) is 16.9. The van der Waals surface area contributed by atoms with Gasteiger partial charge in [-0.3, -0.25) is 4.79 Å². The predicted molar refractivity (Wildman–Crippen MR) is 104 cm³/mol. The van der Waals surface area contributed by atoms with Crippen LogP contribution in [0.15, 0.2) is 12.1 Å². The van der Waals surface area contributed by atoms with E-state index in [2.05, 4.69) is 4.98 Å². The number of H-pyrrole nitrogens is 1. The third kappa shape index (κ3) is 6.17. The number of halogens is 2. The van der Waals surface area contributed by atoms with E-state index in [1.165, 1.54) is 6.07 Å². The molecule has 1 aromatic carbocycles. The number of ether oxygens (including phenoxy) is 1. The number of aldehydes is 1. The van der Waals surface area contributed by atoms with E-state index >= 15 is 0 Å². The van der Waals surface area contributed by atoms with Crippen LogP contribution in [0.25, 0.3) is 10.9 Å². The highest BCUT2D eigenvalue weighted by atomic mass is 35.5. The molecule has 2 aromatic rings. The van der Waals surface area contributed by atoms with Gasteiger partial charge in [0.25, 0.3) is 0 Å². The Bertz CT molecular complexity index is 637. The minimum atomic E-state index is -0.594. The number of esters is 1. The lowest BCUT2D eigenvalue weighted by molar-refractivity contribution is 0.0518. The smallest absolute Gasteiger partial charge is 0.355 e. The molecule has 24 heavy (non-hydrogen) atoms. The second-order valence-corrected chi connectivity index (χ2v) is 4.41. The molecule has 6 heteroatoms. The SMILES string of the molecule is CC.CC.CC.CCOC(=O)c1[nH]c2cc(Cl)cc(Cl)c2c1C=O. The average molecular weight is 376 g/mol. The number of hydrogen-bond donors (Lipinski definition) is 1. The molecular weight excluding hydrogens is 349 g/mol. The lowest BCUT2D eigenvalue weighted by atomic mass is 10.1. The van der Waals surface area contributed by atoms with Crippen molar-refractivity contribution in [1.29, 1.82) is 0 Å². The predicted octanol–water partition coefficient (Wildman–Crippen LogP) is 6.54. The van der Waals surface area contributed by atoms with Gasteiger partial charge in [-0.15, -0.1) is 0 Å². The Labute approximate surface area is 154 Å². The van der Waals surface area contributed by atoms with Crippen LogP contribution in [0.2, 0.25) is 10.0 Å². The Morgan fingerprint density at radius 3 is 2.12 bits per heavy atom. The molecule has 136 valence electrons. The van der Waals surface area contributed by atoms with E-state index in [0.29, 0.717) is 27.2 Å². The fourth-order valence-electron chi connectivity index (χ4n) is 1.76. The second kappa shape index (κ2) is 13.9. The van der Waals surface area contributed by atoms with E-state index in [4.69, 9.17) is 27.9 Å². The molecule has 0 saturated carbocycles. The molecule has 0 spiro atoms. The van der Waals surface area contributed by atoms with Crippen molar-refractivity contribution >= 4 is 46.4 Å². The van der Waals surface area contributed by atoms with Gasteiger partial charge in [-0.2, -0.15) is 0 Å². The van der Waals surface area contributed by atoms with Crippen LogP contribution in [0.4, 0.5) is 0 Å². The highest BCUT2D eigenvalue weighted by Crippen LogP contribution is 2.31. The van der Waals surface area contributed by atoms with Crippen LogP contribution in [0, 0.1) is 0 Å². The molecule has 0 amide bonds. The van der Waals surface area contributed by atoms with Crippen molar-refractivity contribution in [3.63, 3.8) is 0 Å². The number of nitrogens with one attached hydrogen (secondary N) is 1. The first-order valence-corrected chi connectivity index (χ1v) is 8.97. The van der Waals surface area contributed by atoms with Gasteiger partial charge in [-0.1, -0.05) is 64.7 Å². The van der Waals surface area contributed by atoms with Gasteiger partial charge in [0.2, 0.25) is 0 Å². The number of carbonyl (C=O) groups is 2. The number of rotatable bonds is 3. The Kier molecular flexibility index (Phi) is 14.3. The van der Waals surface area contributed by atoms with Crippen LogP contribution in [0.1, 0.15) is 69.3 Å². The molecule has 0 aliphatic carbocycles. The van der Waals surface area contributed by atoms with Gasteiger partial charge in [-0.25, -0.2) is 4.79 Å². The topological polar surface area (TPSA) is 59.2 Å². The molecule has 0 saturated heterocycles. The monoisotopic (exact) mass is 375 g/mol. The minimum Gasteiger partial charge on any atom is -0.461 e. The fraction of sp³-hybridized carbons (Fsp3) is 0.444. The first-order chi connectivity index (χ1) is 11.6. The standard InChI is InChI=1S/C12H9Cl2NO3.3C2H6/c1-2-18-12(17)11-7(5-16)10-8(14)3-6(13)4-9(10)15-11;3*1-2/h3-5,15H,2H2,1H3;3*1-2H3. The molecular formula is C18H27Cl2NO3. The molecule has 0 unspecified atom stereocenters. The van der Waals surface area contributed by atoms with E-state index in [0.717, 1.165) is 0 Å². The largest absolute Gasteiger partial charge is 0.461 e. The summed E-state index contributed by atoms with van der Waals surface area (Å²) in [6.07, 6.45) is 0.574. The summed E-state index contributed by atoms with van der Waals surface area (Å²) in [6, 6.07) is 3.11. The molecule has 0 aliphatic heterocycles. The first kappa shape index (κ1) is 24.7. The van der Waals surface area contributed by atoms with Gasteiger partial charge in [0.15, 0.2) is 6.29 Å². The molecule has 1 heterocycles. The van der Waals surface area contributed by atoms with Gasteiger partial charge in [-0.05, 0) is 19.1 Å². The summed E-state index contributed by atoms with van der Waals surface area (Å²) >= 11 is 11.9. The summed E-state index contributed by atoms with van der Waals surface area (Å²) in [4.78, 5) is 25.6. The van der Waals surface area contributed by atoms with Crippen molar-refractivity contribution in [2.45, 2.75) is 48.5 Å². The molecule has 1 aromatic heterocycles. The molecule has 0 radical (unpaired) electrons. The summed E-state index contributed by atoms with van der Waals surface area (Å²) in [5, 5.41) is 1.20. The van der Waals surface area contributed by atoms with Crippen LogP contribution in [0.5, 0.6) is 0 Å². The van der Waals surface area contributed by atoms with Crippen molar-refractivity contribution in [3.05, 3.63) is 33.4 Å². The van der Waals surface area contributed by atoms with Gasteiger partial charge >= 0.3 is 5.97 Å². The number of carbonyl (C=O) groups excluding carboxylic acids is 2. The quantitative estimate of drug-likeness (QED) is 0.489. The van der Waals surface area contributed by atoms with Gasteiger partial charge in [0, 0.05) is 15.9 Å². The van der Waals surface area contributed by atoms with E-state index in [1.807, 2.05) is 41.5 Å². The summed E-state index contributed by atoms with van der Waals surface area (Å²) in [7, 11) is 0. The summed E-state index contributed by atoms with van der Waals surface area (Å²) in [5.74, 6) is -0.594. The highest BCUT2D eigenvalue weighted by Gasteiger charge is 2.20. The Balaban J connectivity index is 0. The van der Waals surface area contributed by atoms with Crippen LogP contribution in [0.3, 0.4) is 0 Å². The third-order valence-corrected chi connectivity index (χ3v) is 2.97. The van der Waals surface area contributed by atoms with E-state index in [-0.39, 0.29) is 17.9 Å². The zero-order valence-electron chi connectivity index (χ0n) is 15.4. The van der Waals surface area contributed by atoms with Crippen molar-refractivity contribution in [3.8, 4) is 0 Å². The lowest BCUT2D eigenvalue weighted by Crippen LogP contribution is -2.07. The van der Waals surface area contributed by atoms with Gasteiger partial charge in [0.1, 0.15) is 5.69 Å². The number of fused-ring (bicyclic) bond motifs is 1. The average Bonchev–Trinajstić information content (AvgIpc) is 2.99. The highest BCUT2D eigenvalue weighted by molar-refractivity contribution is 6.39. The summed E-state index contributed by atoms with van der Waals surface area (Å²) < 4.78 is 4.86. The molecule has 4 nitrogen and oxygen atoms in total. The van der Waals surface area contributed by atoms with Crippen LogP contribution < -0.4 is 0 Å². The fourth-order valence-corrected chi connectivity index (χ4v) is 2.35. The van der Waals surface area contributed by atoms with Crippen molar-refractivity contribution < 1.29 is 14.3 Å². The Morgan fingerprint density at radius 1 is 1.12 bits per heavy atom. The van der Waals surface area contributed by atoms with Crippen molar-refractivity contribution in [2.24, 2.45) is 0 Å². The number of benzene rings is 1. The molecule has 0 bridgehead atoms. The maximum absolute atomic E-state index is 11.7. The van der Waals surface area contributed by atoms with Crippen LogP contribution in [-0.4, -0.2) is 23.8 Å². The lowest BCUT2D eigenvalue weighted by Gasteiger charge is -1.99. The van der Waals surface area contributed by atoms with Crippen molar-refractivity contribution in [1.82, 2.24) is 4.98 Å². The van der Waals surface area contributed by atoms with E-state index in [1.54, 1.807) is 13.0 Å². The maximum Gasteiger partial charge on any atom is 0.355 e. The molecule has 2 rings (SSSR count). The van der Waals surface area contributed by atoms with Crippen molar-refractivity contribution in [2.75, 3.05) is 6.61 Å². The van der Waals surface area contributed by atoms with E-state index in [9.17, 15) is 9.59 Å².